The van der Waals surface area contributed by atoms with Crippen molar-refractivity contribution in [1.29, 1.82) is 0 Å². The summed E-state index contributed by atoms with van der Waals surface area (Å²) < 4.78 is 5.93. The van der Waals surface area contributed by atoms with Crippen LogP contribution in [0, 0.1) is 0 Å². The molecule has 3 rings (SSSR count). The van der Waals surface area contributed by atoms with Crippen LogP contribution in [0.25, 0.3) is 11.3 Å². The number of halogens is 1. The van der Waals surface area contributed by atoms with Crippen molar-refractivity contribution in [1.82, 2.24) is 4.98 Å². The number of carbonyl (C=O) groups is 2. The third-order valence-electron chi connectivity index (χ3n) is 3.33. The molecule has 3 aromatic rings. The van der Waals surface area contributed by atoms with Gasteiger partial charge in [0.1, 0.15) is 0 Å². The van der Waals surface area contributed by atoms with Gasteiger partial charge in [0.2, 0.25) is 0 Å². The predicted molar refractivity (Wildman–Crippen MR) is 105 cm³/mol. The number of amides is 1. The Kier molecular flexibility index (Phi) is 5.65. The first kappa shape index (κ1) is 18.1. The number of esters is 1. The Morgan fingerprint density at radius 3 is 2.77 bits per heavy atom. The molecule has 0 unspecified atom stereocenters. The highest BCUT2D eigenvalue weighted by molar-refractivity contribution is 9.10. The van der Waals surface area contributed by atoms with E-state index >= 15 is 0 Å². The number of hydrogen-bond donors (Lipinski definition) is 2. The van der Waals surface area contributed by atoms with E-state index in [1.807, 2.05) is 29.6 Å². The molecule has 0 saturated carbocycles. The lowest BCUT2D eigenvalue weighted by Crippen LogP contribution is -2.20. The number of thiazole rings is 1. The predicted octanol–water partition coefficient (Wildman–Crippen LogP) is 3.95. The summed E-state index contributed by atoms with van der Waals surface area (Å²) in [6.07, 6.45) is 0. The van der Waals surface area contributed by atoms with Crippen LogP contribution < -0.4 is 11.1 Å². The van der Waals surface area contributed by atoms with Gasteiger partial charge in [-0.1, -0.05) is 34.1 Å². The van der Waals surface area contributed by atoms with Crippen molar-refractivity contribution in [2.24, 2.45) is 0 Å². The Labute approximate surface area is 162 Å². The highest BCUT2D eigenvalue weighted by Crippen LogP contribution is 2.26. The van der Waals surface area contributed by atoms with Crippen molar-refractivity contribution in [2.45, 2.75) is 0 Å². The molecule has 0 atom stereocenters. The molecule has 6 nitrogen and oxygen atoms in total. The number of nitrogen functional groups attached to an aromatic ring is 1. The number of nitrogens with two attached hydrogens (primary N) is 1. The minimum Gasteiger partial charge on any atom is -0.452 e. The molecule has 3 N–H and O–H groups in total. The highest BCUT2D eigenvalue weighted by Gasteiger charge is 2.12. The topological polar surface area (TPSA) is 94.3 Å². The van der Waals surface area contributed by atoms with Gasteiger partial charge in [-0.2, -0.15) is 0 Å². The lowest BCUT2D eigenvalue weighted by molar-refractivity contribution is -0.119. The number of carbonyl (C=O) groups excluding carboxylic acids is 2. The van der Waals surface area contributed by atoms with Crippen LogP contribution in [0.1, 0.15) is 10.4 Å². The van der Waals surface area contributed by atoms with Crippen LogP contribution >= 0.6 is 27.3 Å². The summed E-state index contributed by atoms with van der Waals surface area (Å²) in [6, 6.07) is 14.1. The highest BCUT2D eigenvalue weighted by atomic mass is 79.9. The molecule has 2 aromatic carbocycles. The maximum absolute atomic E-state index is 12.0. The van der Waals surface area contributed by atoms with Gasteiger partial charge in [-0.3, -0.25) is 10.1 Å². The number of ether oxygens (including phenoxy) is 1. The first-order chi connectivity index (χ1) is 12.5. The van der Waals surface area contributed by atoms with E-state index in [1.54, 1.807) is 18.2 Å². The third kappa shape index (κ3) is 4.68. The Balaban J connectivity index is 1.56. The monoisotopic (exact) mass is 431 g/mol. The molecule has 1 aromatic heterocycles. The molecule has 0 bridgehead atoms. The number of benzene rings is 2. The van der Waals surface area contributed by atoms with Crippen molar-refractivity contribution in [3.63, 3.8) is 0 Å². The summed E-state index contributed by atoms with van der Waals surface area (Å²) in [7, 11) is 0. The molecule has 0 aliphatic heterocycles. The maximum Gasteiger partial charge on any atom is 0.338 e. The smallest absolute Gasteiger partial charge is 0.338 e. The molecular formula is C18H14BrN3O3S. The van der Waals surface area contributed by atoms with E-state index < -0.39 is 18.5 Å². The first-order valence-corrected chi connectivity index (χ1v) is 9.22. The van der Waals surface area contributed by atoms with Gasteiger partial charge in [0.05, 0.1) is 11.3 Å². The summed E-state index contributed by atoms with van der Waals surface area (Å²) >= 11 is 4.71. The SMILES string of the molecule is Nc1cccc(C(=O)OCC(=O)Nc2nc(-c3cccc(Br)c3)cs2)c1. The zero-order valence-corrected chi connectivity index (χ0v) is 15.8. The number of hydrogen-bond acceptors (Lipinski definition) is 6. The quantitative estimate of drug-likeness (QED) is 0.470. The van der Waals surface area contributed by atoms with E-state index in [0.29, 0.717) is 16.4 Å². The standard InChI is InChI=1S/C18H14BrN3O3S/c19-13-5-1-3-11(7-13)15-10-26-18(21-15)22-16(23)9-25-17(24)12-4-2-6-14(20)8-12/h1-8,10H,9,20H2,(H,21,22,23). The molecule has 132 valence electrons. The minimum absolute atomic E-state index is 0.295. The Morgan fingerprint density at radius 2 is 2.00 bits per heavy atom. The van der Waals surface area contributed by atoms with E-state index in [2.05, 4.69) is 26.2 Å². The molecule has 0 spiro atoms. The number of nitrogens with one attached hydrogen (secondary N) is 1. The number of rotatable bonds is 5. The first-order valence-electron chi connectivity index (χ1n) is 7.55. The van der Waals surface area contributed by atoms with Gasteiger partial charge >= 0.3 is 5.97 Å². The molecule has 0 aliphatic rings. The van der Waals surface area contributed by atoms with Crippen molar-refractivity contribution in [3.05, 3.63) is 63.9 Å². The van der Waals surface area contributed by atoms with Gasteiger partial charge < -0.3 is 10.5 Å². The van der Waals surface area contributed by atoms with Crippen molar-refractivity contribution >= 4 is 50.0 Å². The van der Waals surface area contributed by atoms with Gasteiger partial charge in [-0.05, 0) is 30.3 Å². The van der Waals surface area contributed by atoms with Crippen LogP contribution in [0.3, 0.4) is 0 Å². The zero-order valence-electron chi connectivity index (χ0n) is 13.4. The Morgan fingerprint density at radius 1 is 1.19 bits per heavy atom. The Hall–Kier alpha value is -2.71. The zero-order chi connectivity index (χ0) is 18.5. The van der Waals surface area contributed by atoms with Crippen molar-refractivity contribution in [2.75, 3.05) is 17.7 Å². The average molecular weight is 432 g/mol. The lowest BCUT2D eigenvalue weighted by atomic mass is 10.2. The average Bonchev–Trinajstić information content (AvgIpc) is 3.08. The fourth-order valence-corrected chi connectivity index (χ4v) is 3.28. The van der Waals surface area contributed by atoms with Gasteiger partial charge in [-0.15, -0.1) is 11.3 Å². The summed E-state index contributed by atoms with van der Waals surface area (Å²) in [5, 5.41) is 4.90. The van der Waals surface area contributed by atoms with E-state index in [4.69, 9.17) is 10.5 Å². The molecule has 0 aliphatic carbocycles. The van der Waals surface area contributed by atoms with Crippen LogP contribution in [-0.2, 0) is 9.53 Å². The van der Waals surface area contributed by atoms with E-state index in [9.17, 15) is 9.59 Å². The van der Waals surface area contributed by atoms with E-state index in [0.717, 1.165) is 15.7 Å². The lowest BCUT2D eigenvalue weighted by Gasteiger charge is -2.05. The molecule has 0 saturated heterocycles. The van der Waals surface area contributed by atoms with E-state index in [-0.39, 0.29) is 0 Å². The molecule has 26 heavy (non-hydrogen) atoms. The molecular weight excluding hydrogens is 418 g/mol. The summed E-state index contributed by atoms with van der Waals surface area (Å²) in [4.78, 5) is 28.2. The van der Waals surface area contributed by atoms with Gasteiger partial charge in [-0.25, -0.2) is 9.78 Å². The molecule has 0 fully saturated rings. The third-order valence-corrected chi connectivity index (χ3v) is 4.58. The second-order valence-corrected chi connectivity index (χ2v) is 7.07. The number of nitrogens with zero attached hydrogens (tertiary/aromatic N) is 1. The molecule has 1 heterocycles. The van der Waals surface area contributed by atoms with Crippen LogP contribution in [0.2, 0.25) is 0 Å². The minimum atomic E-state index is -0.610. The van der Waals surface area contributed by atoms with E-state index in [1.165, 1.54) is 17.4 Å². The second-order valence-electron chi connectivity index (χ2n) is 5.30. The molecule has 8 heteroatoms. The molecule has 1 amide bonds. The summed E-state index contributed by atoms with van der Waals surface area (Å²) in [6.45, 7) is -0.403. The van der Waals surface area contributed by atoms with Crippen molar-refractivity contribution in [3.8, 4) is 11.3 Å². The van der Waals surface area contributed by atoms with Crippen LogP contribution in [-0.4, -0.2) is 23.5 Å². The Bertz CT molecular complexity index is 958. The van der Waals surface area contributed by atoms with Crippen LogP contribution in [0.15, 0.2) is 58.4 Å². The van der Waals surface area contributed by atoms with Gasteiger partial charge in [0.15, 0.2) is 11.7 Å². The molecule has 0 radical (unpaired) electrons. The number of anilines is 2. The normalized spacial score (nSPS) is 10.3. The van der Waals surface area contributed by atoms with Crippen LogP contribution in [0.5, 0.6) is 0 Å². The summed E-state index contributed by atoms with van der Waals surface area (Å²) in [5.74, 6) is -1.07. The maximum atomic E-state index is 12.0. The second kappa shape index (κ2) is 8.11. The van der Waals surface area contributed by atoms with Gasteiger partial charge in [0, 0.05) is 21.1 Å². The largest absolute Gasteiger partial charge is 0.452 e. The fourth-order valence-electron chi connectivity index (χ4n) is 2.15. The summed E-state index contributed by atoms with van der Waals surface area (Å²) in [5.41, 5.74) is 8.05. The fraction of sp³-hybridized carbons (Fsp3) is 0.0556. The van der Waals surface area contributed by atoms with Crippen LogP contribution in [0.4, 0.5) is 10.8 Å². The van der Waals surface area contributed by atoms with Gasteiger partial charge in [0.25, 0.3) is 5.91 Å². The van der Waals surface area contributed by atoms with Crippen molar-refractivity contribution < 1.29 is 14.3 Å². The number of aromatic nitrogens is 1.